The minimum atomic E-state index is 0.0905. The Labute approximate surface area is 103 Å². The van der Waals surface area contributed by atoms with Gasteiger partial charge < -0.3 is 16.2 Å². The lowest BCUT2D eigenvalue weighted by molar-refractivity contribution is 0.201. The number of rotatable bonds is 6. The monoisotopic (exact) mass is 240 g/mol. The van der Waals surface area contributed by atoms with Crippen LogP contribution in [0.25, 0.3) is 0 Å². The van der Waals surface area contributed by atoms with Crippen LogP contribution in [-0.4, -0.2) is 34.1 Å². The molecular weight excluding hydrogens is 216 g/mol. The molecule has 0 bridgehead atoms. The molecule has 0 aliphatic carbocycles. The zero-order valence-corrected chi connectivity index (χ0v) is 11.1. The van der Waals surface area contributed by atoms with Gasteiger partial charge in [0, 0.05) is 43.5 Å². The summed E-state index contributed by atoms with van der Waals surface area (Å²) >= 11 is 0. The number of hydrogen-bond acceptors (Lipinski definition) is 4. The molecule has 0 radical (unpaired) electrons. The van der Waals surface area contributed by atoms with Gasteiger partial charge in [-0.1, -0.05) is 6.92 Å². The summed E-state index contributed by atoms with van der Waals surface area (Å²) in [6.45, 7) is 6.82. The Hall–Kier alpha value is -0.910. The van der Waals surface area contributed by atoms with Crippen LogP contribution in [0.2, 0.25) is 0 Å². The third-order valence-corrected chi connectivity index (χ3v) is 3.49. The third kappa shape index (κ3) is 3.28. The number of nitrogens with zero attached hydrogens (tertiary/aromatic N) is 2. The van der Waals surface area contributed by atoms with Crippen LogP contribution < -0.4 is 11.1 Å². The molecule has 4 N–H and O–H groups in total. The molecule has 1 rings (SSSR count). The third-order valence-electron chi connectivity index (χ3n) is 3.49. The standard InChI is InChI=1S/C12H24N4O/c1-8(7-17)9(2)15-12(5-13)11-6-14-16(4)10(11)3/h6,8-9,12,15,17H,5,7,13H2,1-4H3. The average molecular weight is 240 g/mol. The molecule has 1 aromatic heterocycles. The molecule has 0 fully saturated rings. The van der Waals surface area contributed by atoms with E-state index in [4.69, 9.17) is 10.8 Å². The fraction of sp³-hybridized carbons (Fsp3) is 0.750. The van der Waals surface area contributed by atoms with Gasteiger partial charge >= 0.3 is 0 Å². The van der Waals surface area contributed by atoms with Crippen molar-refractivity contribution in [3.05, 3.63) is 17.5 Å². The van der Waals surface area contributed by atoms with Crippen molar-refractivity contribution in [3.63, 3.8) is 0 Å². The summed E-state index contributed by atoms with van der Waals surface area (Å²) in [4.78, 5) is 0. The van der Waals surface area contributed by atoms with Gasteiger partial charge in [0.1, 0.15) is 0 Å². The van der Waals surface area contributed by atoms with Crippen LogP contribution in [0, 0.1) is 12.8 Å². The summed E-state index contributed by atoms with van der Waals surface area (Å²) in [6, 6.07) is 0.306. The van der Waals surface area contributed by atoms with Crippen LogP contribution in [0.5, 0.6) is 0 Å². The van der Waals surface area contributed by atoms with Gasteiger partial charge in [0.25, 0.3) is 0 Å². The fourth-order valence-corrected chi connectivity index (χ4v) is 1.78. The van der Waals surface area contributed by atoms with E-state index in [9.17, 15) is 0 Å². The van der Waals surface area contributed by atoms with E-state index in [0.717, 1.165) is 11.3 Å². The smallest absolute Gasteiger partial charge is 0.0540 e. The average Bonchev–Trinajstić information content (AvgIpc) is 2.66. The lowest BCUT2D eigenvalue weighted by Gasteiger charge is -2.25. The molecule has 98 valence electrons. The molecular formula is C12H24N4O. The van der Waals surface area contributed by atoms with Crippen LogP contribution >= 0.6 is 0 Å². The molecule has 0 spiro atoms. The van der Waals surface area contributed by atoms with Crippen molar-refractivity contribution in [3.8, 4) is 0 Å². The SMILES string of the molecule is Cc1c(C(CN)NC(C)C(C)CO)cnn1C. The molecule has 5 heteroatoms. The predicted molar refractivity (Wildman–Crippen MR) is 68.6 cm³/mol. The van der Waals surface area contributed by atoms with E-state index in [1.54, 1.807) is 0 Å². The first kappa shape index (κ1) is 14.2. The number of nitrogens with two attached hydrogens (primary N) is 1. The molecule has 1 aromatic rings. The van der Waals surface area contributed by atoms with Gasteiger partial charge in [-0.05, 0) is 19.8 Å². The molecule has 0 aliphatic heterocycles. The van der Waals surface area contributed by atoms with Crippen LogP contribution in [0.3, 0.4) is 0 Å². The maximum absolute atomic E-state index is 9.13. The Morgan fingerprint density at radius 2 is 2.18 bits per heavy atom. The fourth-order valence-electron chi connectivity index (χ4n) is 1.78. The van der Waals surface area contributed by atoms with Crippen molar-refractivity contribution in [1.29, 1.82) is 0 Å². The molecule has 0 aliphatic rings. The number of nitrogens with one attached hydrogen (secondary N) is 1. The van der Waals surface area contributed by atoms with Gasteiger partial charge in [-0.15, -0.1) is 0 Å². The summed E-state index contributed by atoms with van der Waals surface area (Å²) in [5.41, 5.74) is 8.06. The van der Waals surface area contributed by atoms with Crippen molar-refractivity contribution in [2.24, 2.45) is 18.7 Å². The highest BCUT2D eigenvalue weighted by Crippen LogP contribution is 2.17. The van der Waals surface area contributed by atoms with Crippen LogP contribution in [0.1, 0.15) is 31.1 Å². The molecule has 0 aromatic carbocycles. The summed E-state index contributed by atoms with van der Waals surface area (Å²) in [5.74, 6) is 0.209. The summed E-state index contributed by atoms with van der Waals surface area (Å²) in [7, 11) is 1.92. The van der Waals surface area contributed by atoms with E-state index < -0.39 is 0 Å². The van der Waals surface area contributed by atoms with E-state index in [1.807, 2.05) is 31.8 Å². The molecule has 3 atom stereocenters. The zero-order chi connectivity index (χ0) is 13.0. The van der Waals surface area contributed by atoms with Gasteiger partial charge in [0.05, 0.1) is 6.20 Å². The molecule has 5 nitrogen and oxygen atoms in total. The van der Waals surface area contributed by atoms with Crippen molar-refractivity contribution >= 4 is 0 Å². The van der Waals surface area contributed by atoms with Gasteiger partial charge in [-0.25, -0.2) is 0 Å². The number of aliphatic hydroxyl groups is 1. The Morgan fingerprint density at radius 1 is 1.53 bits per heavy atom. The molecule has 0 saturated carbocycles. The quantitative estimate of drug-likeness (QED) is 0.670. The predicted octanol–water partition coefficient (Wildman–Crippen LogP) is 0.335. The molecule has 0 saturated heterocycles. The Bertz CT molecular complexity index is 350. The van der Waals surface area contributed by atoms with Gasteiger partial charge in [0.2, 0.25) is 0 Å². The number of aliphatic hydroxyl groups excluding tert-OH is 1. The largest absolute Gasteiger partial charge is 0.396 e. The second-order valence-electron chi connectivity index (χ2n) is 4.71. The maximum Gasteiger partial charge on any atom is 0.0540 e. The number of aromatic nitrogens is 2. The van der Waals surface area contributed by atoms with Crippen molar-refractivity contribution < 1.29 is 5.11 Å². The molecule has 0 amide bonds. The normalized spacial score (nSPS) is 16.8. The maximum atomic E-state index is 9.13. The lowest BCUT2D eigenvalue weighted by Crippen LogP contribution is -2.39. The lowest BCUT2D eigenvalue weighted by atomic mass is 10.0. The highest BCUT2D eigenvalue weighted by Gasteiger charge is 2.19. The topological polar surface area (TPSA) is 76.1 Å². The highest BCUT2D eigenvalue weighted by molar-refractivity contribution is 5.21. The highest BCUT2D eigenvalue weighted by atomic mass is 16.3. The van der Waals surface area contributed by atoms with E-state index in [1.165, 1.54) is 0 Å². The van der Waals surface area contributed by atoms with Gasteiger partial charge in [0.15, 0.2) is 0 Å². The minimum absolute atomic E-state index is 0.0905. The second-order valence-corrected chi connectivity index (χ2v) is 4.71. The summed E-state index contributed by atoms with van der Waals surface area (Å²) in [5, 5.41) is 16.8. The van der Waals surface area contributed by atoms with Crippen LogP contribution in [0.15, 0.2) is 6.20 Å². The van der Waals surface area contributed by atoms with Gasteiger partial charge in [-0.3, -0.25) is 4.68 Å². The van der Waals surface area contributed by atoms with Crippen molar-refractivity contribution in [2.75, 3.05) is 13.2 Å². The Kier molecular flexibility index (Phi) is 5.11. The van der Waals surface area contributed by atoms with Gasteiger partial charge in [-0.2, -0.15) is 5.10 Å². The van der Waals surface area contributed by atoms with Crippen molar-refractivity contribution in [2.45, 2.75) is 32.9 Å². The molecule has 17 heavy (non-hydrogen) atoms. The number of aryl methyl sites for hydroxylation is 1. The minimum Gasteiger partial charge on any atom is -0.396 e. The van der Waals surface area contributed by atoms with E-state index in [-0.39, 0.29) is 24.6 Å². The first-order valence-electron chi connectivity index (χ1n) is 6.06. The van der Waals surface area contributed by atoms with Crippen LogP contribution in [0.4, 0.5) is 0 Å². The number of hydrogen-bond donors (Lipinski definition) is 3. The summed E-state index contributed by atoms with van der Waals surface area (Å²) in [6.07, 6.45) is 1.86. The zero-order valence-electron chi connectivity index (χ0n) is 11.1. The Balaban J connectivity index is 2.75. The first-order chi connectivity index (χ1) is 8.01. The molecule has 3 unspecified atom stereocenters. The summed E-state index contributed by atoms with van der Waals surface area (Å²) < 4.78 is 1.85. The van der Waals surface area contributed by atoms with Crippen molar-refractivity contribution in [1.82, 2.24) is 15.1 Å². The Morgan fingerprint density at radius 3 is 2.59 bits per heavy atom. The van der Waals surface area contributed by atoms with E-state index in [0.29, 0.717) is 6.54 Å². The van der Waals surface area contributed by atoms with Crippen LogP contribution in [-0.2, 0) is 7.05 Å². The van der Waals surface area contributed by atoms with E-state index in [2.05, 4.69) is 17.3 Å². The molecule has 1 heterocycles. The second kappa shape index (κ2) is 6.14. The first-order valence-corrected chi connectivity index (χ1v) is 6.06. The van der Waals surface area contributed by atoms with E-state index >= 15 is 0 Å².